The van der Waals surface area contributed by atoms with Crippen LogP contribution in [0.3, 0.4) is 0 Å². The van der Waals surface area contributed by atoms with Crippen molar-refractivity contribution >= 4 is 21.8 Å². The van der Waals surface area contributed by atoms with Crippen LogP contribution in [0.2, 0.25) is 0 Å². The van der Waals surface area contributed by atoms with Gasteiger partial charge in [0, 0.05) is 18.7 Å². The fourth-order valence-electron chi connectivity index (χ4n) is 3.02. The molecule has 2 amide bonds. The van der Waals surface area contributed by atoms with Crippen LogP contribution >= 0.6 is 0 Å². The summed E-state index contributed by atoms with van der Waals surface area (Å²) >= 11 is 0. The van der Waals surface area contributed by atoms with Gasteiger partial charge in [-0.1, -0.05) is 29.8 Å². The second kappa shape index (κ2) is 6.92. The van der Waals surface area contributed by atoms with E-state index in [4.69, 9.17) is 0 Å². The van der Waals surface area contributed by atoms with E-state index in [0.29, 0.717) is 13.0 Å². The molecule has 0 aliphatic carbocycles. The number of nitrogens with one attached hydrogen (secondary N) is 1. The van der Waals surface area contributed by atoms with E-state index in [-0.39, 0.29) is 28.5 Å². The third-order valence-electron chi connectivity index (χ3n) is 4.34. The van der Waals surface area contributed by atoms with Crippen molar-refractivity contribution in [1.82, 2.24) is 9.62 Å². The molecule has 0 spiro atoms. The lowest BCUT2D eigenvalue weighted by Gasteiger charge is -2.11. The maximum Gasteiger partial charge on any atom is 0.268 e. The first-order chi connectivity index (χ1) is 12.3. The zero-order valence-corrected chi connectivity index (χ0v) is 15.5. The number of fused-ring (bicyclic) bond motifs is 1. The number of carbonyl (C=O) groups excluding carboxylic acids is 2. The zero-order valence-electron chi connectivity index (χ0n) is 14.7. The molecule has 1 aliphatic rings. The Labute approximate surface area is 152 Å². The molecule has 2 aromatic carbocycles. The molecule has 0 bridgehead atoms. The van der Waals surface area contributed by atoms with Crippen LogP contribution < -0.4 is 5.32 Å². The average molecular weight is 372 g/mol. The van der Waals surface area contributed by atoms with Crippen LogP contribution in [0.25, 0.3) is 0 Å². The Kier molecular flexibility index (Phi) is 4.82. The first-order valence-electron chi connectivity index (χ1n) is 8.39. The molecule has 1 heterocycles. The summed E-state index contributed by atoms with van der Waals surface area (Å²) in [5.41, 5.74) is 2.61. The zero-order chi connectivity index (χ0) is 18.9. The van der Waals surface area contributed by atoms with Crippen molar-refractivity contribution in [1.29, 1.82) is 0 Å². The monoisotopic (exact) mass is 372 g/mol. The lowest BCUT2D eigenvalue weighted by atomic mass is 10.1. The van der Waals surface area contributed by atoms with Crippen LogP contribution in [0.5, 0.6) is 0 Å². The van der Waals surface area contributed by atoms with E-state index >= 15 is 0 Å². The number of hydrogen-bond acceptors (Lipinski definition) is 4. The minimum Gasteiger partial charge on any atom is -0.352 e. The Bertz CT molecular complexity index is 983. The van der Waals surface area contributed by atoms with E-state index in [9.17, 15) is 18.0 Å². The van der Waals surface area contributed by atoms with Crippen molar-refractivity contribution in [2.75, 3.05) is 13.1 Å². The molecule has 0 radical (unpaired) electrons. The fraction of sp³-hybridized carbons (Fsp3) is 0.263. The second-order valence-corrected chi connectivity index (χ2v) is 8.01. The third-order valence-corrected chi connectivity index (χ3v) is 6.24. The quantitative estimate of drug-likeness (QED) is 0.871. The number of benzene rings is 2. The van der Waals surface area contributed by atoms with Gasteiger partial charge in [0.25, 0.3) is 21.8 Å². The van der Waals surface area contributed by atoms with Gasteiger partial charge < -0.3 is 5.32 Å². The normalized spacial score (nSPS) is 15.0. The molecule has 7 heteroatoms. The lowest BCUT2D eigenvalue weighted by Crippen LogP contribution is -2.29. The van der Waals surface area contributed by atoms with Crippen LogP contribution in [0, 0.1) is 6.92 Å². The van der Waals surface area contributed by atoms with Gasteiger partial charge >= 0.3 is 0 Å². The number of amides is 2. The highest BCUT2D eigenvalue weighted by atomic mass is 32.2. The number of nitrogens with zero attached hydrogens (tertiary/aromatic N) is 1. The minimum absolute atomic E-state index is 0.0634. The molecule has 0 unspecified atom stereocenters. The Morgan fingerprint density at radius 2 is 1.92 bits per heavy atom. The summed E-state index contributed by atoms with van der Waals surface area (Å²) in [6.45, 7) is 4.11. The molecule has 0 saturated carbocycles. The number of rotatable bonds is 5. The highest BCUT2D eigenvalue weighted by Gasteiger charge is 2.40. The van der Waals surface area contributed by atoms with Crippen LogP contribution in [-0.2, 0) is 16.4 Å². The number of sulfonamides is 1. The third kappa shape index (κ3) is 3.22. The van der Waals surface area contributed by atoms with Gasteiger partial charge in [0.05, 0.1) is 5.56 Å². The molecule has 0 atom stereocenters. The first kappa shape index (κ1) is 18.1. The van der Waals surface area contributed by atoms with Gasteiger partial charge in [-0.15, -0.1) is 0 Å². The lowest BCUT2D eigenvalue weighted by molar-refractivity contribution is 0.0874. The van der Waals surface area contributed by atoms with Gasteiger partial charge in [-0.3, -0.25) is 9.59 Å². The van der Waals surface area contributed by atoms with E-state index < -0.39 is 15.9 Å². The maximum absolute atomic E-state index is 12.4. The Morgan fingerprint density at radius 3 is 2.62 bits per heavy atom. The summed E-state index contributed by atoms with van der Waals surface area (Å²) in [5.74, 6) is -0.910. The van der Waals surface area contributed by atoms with Gasteiger partial charge in [-0.2, -0.15) is 0 Å². The summed E-state index contributed by atoms with van der Waals surface area (Å²) in [6.07, 6.45) is 0.679. The molecule has 6 nitrogen and oxygen atoms in total. The largest absolute Gasteiger partial charge is 0.352 e. The predicted octanol–water partition coefficient (Wildman–Crippen LogP) is 2.13. The smallest absolute Gasteiger partial charge is 0.268 e. The second-order valence-electron chi connectivity index (χ2n) is 6.18. The molecule has 1 N–H and O–H groups in total. The molecule has 0 saturated heterocycles. The highest BCUT2D eigenvalue weighted by molar-refractivity contribution is 7.90. The summed E-state index contributed by atoms with van der Waals surface area (Å²) in [7, 11) is -3.87. The molecule has 2 aromatic rings. The van der Waals surface area contributed by atoms with Gasteiger partial charge in [0.1, 0.15) is 4.90 Å². The first-order valence-corrected chi connectivity index (χ1v) is 9.83. The van der Waals surface area contributed by atoms with Crippen molar-refractivity contribution in [3.63, 3.8) is 0 Å². The standard InChI is InChI=1S/C19H20N2O4S/c1-3-21-19(23)16-8-7-15(12-17(16)26(21,24)25)18(22)20-10-9-14-6-4-5-13(2)11-14/h4-8,11-12H,3,9-10H2,1-2H3,(H,20,22). The van der Waals surface area contributed by atoms with Crippen molar-refractivity contribution in [2.45, 2.75) is 25.2 Å². The van der Waals surface area contributed by atoms with E-state index in [0.717, 1.165) is 15.4 Å². The van der Waals surface area contributed by atoms with Crippen molar-refractivity contribution in [2.24, 2.45) is 0 Å². The van der Waals surface area contributed by atoms with Crippen LogP contribution in [0.1, 0.15) is 38.8 Å². The van der Waals surface area contributed by atoms with Crippen LogP contribution in [0.15, 0.2) is 47.4 Å². The summed E-state index contributed by atoms with van der Waals surface area (Å²) in [4.78, 5) is 24.4. The van der Waals surface area contributed by atoms with E-state index in [1.807, 2.05) is 25.1 Å². The van der Waals surface area contributed by atoms with E-state index in [2.05, 4.69) is 11.4 Å². The Hall–Kier alpha value is -2.67. The minimum atomic E-state index is -3.87. The van der Waals surface area contributed by atoms with Crippen molar-refractivity contribution in [3.8, 4) is 0 Å². The maximum atomic E-state index is 12.4. The topological polar surface area (TPSA) is 83.6 Å². The summed E-state index contributed by atoms with van der Waals surface area (Å²) < 4.78 is 25.6. The Morgan fingerprint density at radius 1 is 1.15 bits per heavy atom. The van der Waals surface area contributed by atoms with E-state index in [1.54, 1.807) is 6.92 Å². The van der Waals surface area contributed by atoms with Gasteiger partial charge in [-0.05, 0) is 44.0 Å². The fourth-order valence-corrected chi connectivity index (χ4v) is 4.62. The molecular formula is C19H20N2O4S. The van der Waals surface area contributed by atoms with Gasteiger partial charge in [0.2, 0.25) is 0 Å². The number of aryl methyl sites for hydroxylation is 1. The molecule has 136 valence electrons. The van der Waals surface area contributed by atoms with Crippen molar-refractivity contribution in [3.05, 3.63) is 64.7 Å². The highest BCUT2D eigenvalue weighted by Crippen LogP contribution is 2.30. The molecular weight excluding hydrogens is 352 g/mol. The molecule has 1 aliphatic heterocycles. The Balaban J connectivity index is 1.73. The van der Waals surface area contributed by atoms with Crippen LogP contribution in [-0.4, -0.2) is 37.6 Å². The van der Waals surface area contributed by atoms with Crippen LogP contribution in [0.4, 0.5) is 0 Å². The molecule has 3 rings (SSSR count). The SMILES string of the molecule is CCN1C(=O)c2ccc(C(=O)NCCc3cccc(C)c3)cc2S1(=O)=O. The van der Waals surface area contributed by atoms with Crippen molar-refractivity contribution < 1.29 is 18.0 Å². The summed E-state index contributed by atoms with van der Waals surface area (Å²) in [5, 5.41) is 2.79. The number of carbonyl (C=O) groups is 2. The predicted molar refractivity (Wildman–Crippen MR) is 97.6 cm³/mol. The van der Waals surface area contributed by atoms with Gasteiger partial charge in [0.15, 0.2) is 0 Å². The average Bonchev–Trinajstić information content (AvgIpc) is 2.80. The molecule has 0 aromatic heterocycles. The van der Waals surface area contributed by atoms with Gasteiger partial charge in [-0.25, -0.2) is 12.7 Å². The number of hydrogen-bond donors (Lipinski definition) is 1. The molecule has 26 heavy (non-hydrogen) atoms. The summed E-state index contributed by atoms with van der Waals surface area (Å²) in [6, 6.07) is 12.2. The van der Waals surface area contributed by atoms with E-state index in [1.165, 1.54) is 18.2 Å². The molecule has 0 fully saturated rings.